The van der Waals surface area contributed by atoms with E-state index in [0.29, 0.717) is 45.3 Å². The topological polar surface area (TPSA) is 142 Å². The summed E-state index contributed by atoms with van der Waals surface area (Å²) in [6.07, 6.45) is 5.81. The lowest BCUT2D eigenvalue weighted by Crippen LogP contribution is -2.26. The van der Waals surface area contributed by atoms with Crippen LogP contribution in [0.2, 0.25) is 0 Å². The van der Waals surface area contributed by atoms with Gasteiger partial charge >= 0.3 is 0 Å². The summed E-state index contributed by atoms with van der Waals surface area (Å²) in [5.74, 6) is -0.144. The van der Waals surface area contributed by atoms with Crippen molar-refractivity contribution in [1.82, 2.24) is 10.6 Å². The first kappa shape index (κ1) is 31.8. The van der Waals surface area contributed by atoms with E-state index in [0.717, 1.165) is 59.3 Å². The van der Waals surface area contributed by atoms with E-state index in [1.807, 2.05) is 36.4 Å². The standard InChI is InChI=1S/C32H45N5O4/c1-3-5-18-34-29(38)9-6-11-31(40)36-22-13-15-25-26-16-14-23(21-28(26)24(4-2)27(25)20-22)37-32(41)12-7-10-30(39)35-19-8-17-33/h13-16,20-21,24H,3-12,17-19,33H2,1-2H3,(H,34,38)(H,35,39)(H,36,40)(H,37,41). The molecule has 0 radical (unpaired) electrons. The Morgan fingerprint density at radius 2 is 1.12 bits per heavy atom. The molecule has 222 valence electrons. The monoisotopic (exact) mass is 563 g/mol. The van der Waals surface area contributed by atoms with Crippen molar-refractivity contribution in [2.45, 2.75) is 84.0 Å². The Labute approximate surface area is 243 Å². The van der Waals surface area contributed by atoms with Crippen molar-refractivity contribution in [2.75, 3.05) is 30.3 Å². The van der Waals surface area contributed by atoms with Crippen LogP contribution >= 0.6 is 0 Å². The van der Waals surface area contributed by atoms with Crippen LogP contribution in [0.4, 0.5) is 11.4 Å². The Morgan fingerprint density at radius 1 is 0.659 bits per heavy atom. The molecule has 0 aromatic heterocycles. The van der Waals surface area contributed by atoms with Gasteiger partial charge in [0.15, 0.2) is 0 Å². The highest BCUT2D eigenvalue weighted by atomic mass is 16.2. The zero-order chi connectivity index (χ0) is 29.6. The Bertz CT molecular complexity index is 1120. The van der Waals surface area contributed by atoms with Gasteiger partial charge in [0, 0.05) is 56.1 Å². The zero-order valence-corrected chi connectivity index (χ0v) is 24.4. The summed E-state index contributed by atoms with van der Waals surface area (Å²) in [5, 5.41) is 11.6. The minimum atomic E-state index is -0.119. The van der Waals surface area contributed by atoms with E-state index < -0.39 is 0 Å². The summed E-state index contributed by atoms with van der Waals surface area (Å²) in [7, 11) is 0. The Kier molecular flexibility index (Phi) is 12.8. The molecule has 9 nitrogen and oxygen atoms in total. The van der Waals surface area contributed by atoms with Crippen LogP contribution in [0.15, 0.2) is 36.4 Å². The van der Waals surface area contributed by atoms with Gasteiger partial charge in [0.2, 0.25) is 23.6 Å². The molecule has 0 bridgehead atoms. The van der Waals surface area contributed by atoms with Gasteiger partial charge in [-0.3, -0.25) is 19.2 Å². The molecule has 0 saturated heterocycles. The number of nitrogens with two attached hydrogens (primary N) is 1. The van der Waals surface area contributed by atoms with Gasteiger partial charge in [-0.15, -0.1) is 0 Å². The lowest BCUT2D eigenvalue weighted by Gasteiger charge is -2.13. The van der Waals surface area contributed by atoms with E-state index in [2.05, 4.69) is 35.1 Å². The zero-order valence-electron chi connectivity index (χ0n) is 24.4. The maximum Gasteiger partial charge on any atom is 0.224 e. The van der Waals surface area contributed by atoms with Crippen LogP contribution in [0.25, 0.3) is 11.1 Å². The van der Waals surface area contributed by atoms with Gasteiger partial charge in [0.25, 0.3) is 0 Å². The van der Waals surface area contributed by atoms with Crippen molar-refractivity contribution < 1.29 is 19.2 Å². The second-order valence-electron chi connectivity index (χ2n) is 10.6. The number of rotatable bonds is 17. The fourth-order valence-corrected chi connectivity index (χ4v) is 5.13. The van der Waals surface area contributed by atoms with Gasteiger partial charge in [0.1, 0.15) is 0 Å². The first-order chi connectivity index (χ1) is 19.9. The van der Waals surface area contributed by atoms with Gasteiger partial charge in [-0.25, -0.2) is 0 Å². The van der Waals surface area contributed by atoms with E-state index in [1.165, 1.54) is 0 Å². The Balaban J connectivity index is 1.53. The van der Waals surface area contributed by atoms with Gasteiger partial charge in [-0.1, -0.05) is 32.4 Å². The Morgan fingerprint density at radius 3 is 1.56 bits per heavy atom. The van der Waals surface area contributed by atoms with Crippen LogP contribution < -0.4 is 27.0 Å². The van der Waals surface area contributed by atoms with E-state index in [-0.39, 0.29) is 42.4 Å². The van der Waals surface area contributed by atoms with Crippen LogP contribution in [0.1, 0.15) is 95.1 Å². The summed E-state index contributed by atoms with van der Waals surface area (Å²) in [6, 6.07) is 12.0. The molecule has 3 rings (SSSR count). The third-order valence-corrected chi connectivity index (χ3v) is 7.29. The molecule has 6 N–H and O–H groups in total. The van der Waals surface area contributed by atoms with Crippen LogP contribution in [0, 0.1) is 0 Å². The summed E-state index contributed by atoms with van der Waals surface area (Å²) >= 11 is 0. The number of hydrogen-bond acceptors (Lipinski definition) is 5. The minimum absolute atomic E-state index is 0.00986. The van der Waals surface area contributed by atoms with Crippen LogP contribution in [0.5, 0.6) is 0 Å². The Hall–Kier alpha value is -3.72. The number of nitrogens with one attached hydrogen (secondary N) is 4. The number of carbonyl (C=O) groups is 4. The molecule has 2 aromatic rings. The molecule has 41 heavy (non-hydrogen) atoms. The molecule has 0 spiro atoms. The molecule has 1 unspecified atom stereocenters. The third-order valence-electron chi connectivity index (χ3n) is 7.29. The molecule has 1 aliphatic rings. The maximum absolute atomic E-state index is 12.5. The third kappa shape index (κ3) is 9.70. The summed E-state index contributed by atoms with van der Waals surface area (Å²) in [6.45, 7) is 5.98. The number of fused-ring (bicyclic) bond motifs is 3. The number of hydrogen-bond donors (Lipinski definition) is 5. The van der Waals surface area contributed by atoms with E-state index >= 15 is 0 Å². The van der Waals surface area contributed by atoms with Crippen molar-refractivity contribution in [3.8, 4) is 11.1 Å². The van der Waals surface area contributed by atoms with Gasteiger partial charge in [-0.05, 0) is 85.2 Å². The van der Waals surface area contributed by atoms with Gasteiger partial charge < -0.3 is 27.0 Å². The second kappa shape index (κ2) is 16.5. The van der Waals surface area contributed by atoms with Gasteiger partial charge in [-0.2, -0.15) is 0 Å². The van der Waals surface area contributed by atoms with Crippen molar-refractivity contribution in [3.05, 3.63) is 47.5 Å². The lowest BCUT2D eigenvalue weighted by molar-refractivity contribution is -0.122. The average molecular weight is 564 g/mol. The fraction of sp³-hybridized carbons (Fsp3) is 0.500. The predicted molar refractivity (Wildman–Crippen MR) is 164 cm³/mol. The number of anilines is 2. The molecule has 1 atom stereocenters. The van der Waals surface area contributed by atoms with Crippen molar-refractivity contribution in [2.24, 2.45) is 5.73 Å². The number of carbonyl (C=O) groups excluding carboxylic acids is 4. The first-order valence-electron chi connectivity index (χ1n) is 15.0. The fourth-order valence-electron chi connectivity index (χ4n) is 5.13. The number of benzene rings is 2. The summed E-state index contributed by atoms with van der Waals surface area (Å²) < 4.78 is 0. The van der Waals surface area contributed by atoms with Crippen molar-refractivity contribution in [3.63, 3.8) is 0 Å². The van der Waals surface area contributed by atoms with Crippen LogP contribution in [0.3, 0.4) is 0 Å². The van der Waals surface area contributed by atoms with Crippen molar-refractivity contribution in [1.29, 1.82) is 0 Å². The molecule has 2 aromatic carbocycles. The number of unbranched alkanes of at least 4 members (excludes halogenated alkanes) is 1. The molecule has 0 aliphatic heterocycles. The normalized spacial score (nSPS) is 13.2. The van der Waals surface area contributed by atoms with E-state index in [9.17, 15) is 19.2 Å². The highest BCUT2D eigenvalue weighted by Crippen LogP contribution is 2.48. The molecule has 1 aliphatic carbocycles. The van der Waals surface area contributed by atoms with Crippen molar-refractivity contribution >= 4 is 35.0 Å². The minimum Gasteiger partial charge on any atom is -0.356 e. The smallest absolute Gasteiger partial charge is 0.224 e. The quantitative estimate of drug-likeness (QED) is 0.176. The highest BCUT2D eigenvalue weighted by molar-refractivity contribution is 5.94. The molecule has 9 heteroatoms. The molecule has 0 fully saturated rings. The van der Waals surface area contributed by atoms with E-state index in [1.54, 1.807) is 0 Å². The summed E-state index contributed by atoms with van der Waals surface area (Å²) in [5.41, 5.74) is 11.5. The predicted octanol–water partition coefficient (Wildman–Crippen LogP) is 4.81. The molecule has 4 amide bonds. The van der Waals surface area contributed by atoms with Crippen LogP contribution in [-0.2, 0) is 19.2 Å². The SMILES string of the molecule is CCCCNC(=O)CCCC(=O)Nc1ccc2c(c1)C(CC)c1cc(NC(=O)CCCC(=O)NCCCN)ccc1-2. The maximum atomic E-state index is 12.5. The summed E-state index contributed by atoms with van der Waals surface area (Å²) in [4.78, 5) is 48.8. The molecular weight excluding hydrogens is 518 g/mol. The lowest BCUT2D eigenvalue weighted by atomic mass is 9.94. The number of amides is 4. The van der Waals surface area contributed by atoms with E-state index in [4.69, 9.17) is 5.73 Å². The second-order valence-corrected chi connectivity index (χ2v) is 10.6. The molecular formula is C32H45N5O4. The largest absolute Gasteiger partial charge is 0.356 e. The van der Waals surface area contributed by atoms with Gasteiger partial charge in [0.05, 0.1) is 0 Å². The highest BCUT2D eigenvalue weighted by Gasteiger charge is 2.28. The molecule has 0 heterocycles. The average Bonchev–Trinajstić information content (AvgIpc) is 3.25. The van der Waals surface area contributed by atoms with Crippen LogP contribution in [-0.4, -0.2) is 43.3 Å². The first-order valence-corrected chi connectivity index (χ1v) is 15.0. The molecule has 0 saturated carbocycles.